The van der Waals surface area contributed by atoms with Crippen molar-refractivity contribution < 1.29 is 4.79 Å². The van der Waals surface area contributed by atoms with Gasteiger partial charge in [-0.2, -0.15) is 0 Å². The molecule has 2 aromatic carbocycles. The van der Waals surface area contributed by atoms with Crippen LogP contribution in [0.3, 0.4) is 0 Å². The largest absolute Gasteiger partial charge is 0.348 e. The molecule has 0 spiro atoms. The van der Waals surface area contributed by atoms with Gasteiger partial charge in [-0.05, 0) is 36.6 Å². The molecule has 132 valence electrons. The summed E-state index contributed by atoms with van der Waals surface area (Å²) in [6.45, 7) is 3.71. The van der Waals surface area contributed by atoms with Gasteiger partial charge in [-0.15, -0.1) is 0 Å². The number of hydrogen-bond acceptors (Lipinski definition) is 1. The highest BCUT2D eigenvalue weighted by Gasteiger charge is 2.31. The molecule has 3 heteroatoms. The van der Waals surface area contributed by atoms with E-state index in [1.165, 1.54) is 22.4 Å². The molecule has 0 bridgehead atoms. The topological polar surface area (TPSA) is 25.2 Å². The molecule has 3 nitrogen and oxygen atoms in total. The van der Waals surface area contributed by atoms with Crippen molar-refractivity contribution in [2.24, 2.45) is 0 Å². The summed E-state index contributed by atoms with van der Waals surface area (Å²) >= 11 is 0. The van der Waals surface area contributed by atoms with Gasteiger partial charge in [0.05, 0.1) is 6.04 Å². The first-order valence-corrected chi connectivity index (χ1v) is 9.27. The maximum Gasteiger partial charge on any atom is 0.223 e. The summed E-state index contributed by atoms with van der Waals surface area (Å²) in [5.41, 5.74) is 4.85. The minimum atomic E-state index is 0.00506. The van der Waals surface area contributed by atoms with E-state index in [4.69, 9.17) is 0 Å². The average molecular weight is 344 g/mol. The summed E-state index contributed by atoms with van der Waals surface area (Å²) in [5, 5.41) is 0. The lowest BCUT2D eigenvalue weighted by Gasteiger charge is -2.37. The highest BCUT2D eigenvalue weighted by atomic mass is 16.2. The van der Waals surface area contributed by atoms with E-state index in [-0.39, 0.29) is 11.9 Å². The van der Waals surface area contributed by atoms with Gasteiger partial charge in [0.2, 0.25) is 5.91 Å². The number of rotatable bonds is 4. The van der Waals surface area contributed by atoms with Crippen LogP contribution in [0, 0.1) is 6.92 Å². The Hall–Kier alpha value is -2.81. The standard InChI is InChI=1S/C23H24N2O/c1-18-9-11-19(12-10-18)13-14-22(26)25-17-16-24-15-5-8-21(24)23(25)20-6-3-2-4-7-20/h2-12,15,23H,13-14,16-17H2,1H3. The Morgan fingerprint density at radius 1 is 0.962 bits per heavy atom. The van der Waals surface area contributed by atoms with E-state index in [9.17, 15) is 4.79 Å². The fourth-order valence-electron chi connectivity index (χ4n) is 3.79. The second-order valence-electron chi connectivity index (χ2n) is 7.01. The van der Waals surface area contributed by atoms with Crippen LogP contribution in [0.25, 0.3) is 0 Å². The number of amides is 1. The van der Waals surface area contributed by atoms with Crippen molar-refractivity contribution in [2.45, 2.75) is 32.4 Å². The first-order valence-electron chi connectivity index (χ1n) is 9.27. The summed E-state index contributed by atoms with van der Waals surface area (Å²) in [4.78, 5) is 15.1. The minimum absolute atomic E-state index is 0.00506. The maximum absolute atomic E-state index is 13.1. The van der Waals surface area contributed by atoms with Crippen LogP contribution in [0.5, 0.6) is 0 Å². The molecule has 26 heavy (non-hydrogen) atoms. The zero-order valence-corrected chi connectivity index (χ0v) is 15.1. The van der Waals surface area contributed by atoms with Crippen LogP contribution in [0.15, 0.2) is 72.9 Å². The van der Waals surface area contributed by atoms with Crippen LogP contribution < -0.4 is 0 Å². The molecule has 4 rings (SSSR count). The normalized spacial score (nSPS) is 16.3. The fourth-order valence-corrected chi connectivity index (χ4v) is 3.79. The quantitative estimate of drug-likeness (QED) is 0.690. The zero-order chi connectivity index (χ0) is 17.9. The number of hydrogen-bond donors (Lipinski definition) is 0. The van der Waals surface area contributed by atoms with Crippen molar-refractivity contribution in [3.05, 3.63) is 95.3 Å². The number of fused-ring (bicyclic) bond motifs is 1. The van der Waals surface area contributed by atoms with Crippen LogP contribution in [0.4, 0.5) is 0 Å². The molecular formula is C23H24N2O. The van der Waals surface area contributed by atoms with E-state index in [0.29, 0.717) is 6.42 Å². The molecule has 1 aliphatic heterocycles. The lowest BCUT2D eigenvalue weighted by molar-refractivity contribution is -0.133. The Morgan fingerprint density at radius 2 is 1.73 bits per heavy atom. The van der Waals surface area contributed by atoms with Gasteiger partial charge < -0.3 is 9.47 Å². The molecule has 2 heterocycles. The van der Waals surface area contributed by atoms with Crippen molar-refractivity contribution in [3.63, 3.8) is 0 Å². The molecule has 3 aromatic rings. The molecule has 0 radical (unpaired) electrons. The lowest BCUT2D eigenvalue weighted by Crippen LogP contribution is -2.42. The number of carbonyl (C=O) groups is 1. The Kier molecular flexibility index (Phi) is 4.61. The van der Waals surface area contributed by atoms with Gasteiger partial charge in [0.1, 0.15) is 0 Å². The summed E-state index contributed by atoms with van der Waals surface area (Å²) in [5.74, 6) is 0.229. The van der Waals surface area contributed by atoms with E-state index < -0.39 is 0 Å². The van der Waals surface area contributed by atoms with Crippen molar-refractivity contribution in [3.8, 4) is 0 Å². The number of aryl methyl sites for hydroxylation is 2. The third kappa shape index (κ3) is 3.30. The lowest BCUT2D eigenvalue weighted by atomic mass is 9.99. The summed E-state index contributed by atoms with van der Waals surface area (Å²) in [6, 6.07) is 23.0. The first-order chi connectivity index (χ1) is 12.7. The third-order valence-corrected chi connectivity index (χ3v) is 5.22. The zero-order valence-electron chi connectivity index (χ0n) is 15.1. The highest BCUT2D eigenvalue weighted by Crippen LogP contribution is 2.32. The van der Waals surface area contributed by atoms with Crippen molar-refractivity contribution in [2.75, 3.05) is 6.54 Å². The van der Waals surface area contributed by atoms with E-state index in [0.717, 1.165) is 19.5 Å². The van der Waals surface area contributed by atoms with Gasteiger partial charge in [-0.25, -0.2) is 0 Å². The molecule has 0 fully saturated rings. The van der Waals surface area contributed by atoms with Crippen LogP contribution in [-0.2, 0) is 17.8 Å². The van der Waals surface area contributed by atoms with Gasteiger partial charge in [-0.3, -0.25) is 4.79 Å². The van der Waals surface area contributed by atoms with Crippen LogP contribution in [-0.4, -0.2) is 21.9 Å². The molecule has 1 aliphatic rings. The van der Waals surface area contributed by atoms with E-state index in [1.54, 1.807) is 0 Å². The summed E-state index contributed by atoms with van der Waals surface area (Å²) < 4.78 is 2.27. The highest BCUT2D eigenvalue weighted by molar-refractivity contribution is 5.77. The smallest absolute Gasteiger partial charge is 0.223 e. The molecule has 0 N–H and O–H groups in total. The number of nitrogens with zero attached hydrogens (tertiary/aromatic N) is 2. The van der Waals surface area contributed by atoms with Gasteiger partial charge in [0.15, 0.2) is 0 Å². The molecule has 1 aromatic heterocycles. The molecule has 0 saturated heterocycles. The Morgan fingerprint density at radius 3 is 2.50 bits per heavy atom. The molecule has 1 amide bonds. The number of benzene rings is 2. The van der Waals surface area contributed by atoms with E-state index >= 15 is 0 Å². The van der Waals surface area contributed by atoms with Gasteiger partial charge in [0, 0.05) is 31.4 Å². The Balaban J connectivity index is 1.56. The monoisotopic (exact) mass is 344 g/mol. The first kappa shape index (κ1) is 16.6. The Labute approximate surface area is 154 Å². The van der Waals surface area contributed by atoms with Crippen molar-refractivity contribution in [1.82, 2.24) is 9.47 Å². The van der Waals surface area contributed by atoms with Crippen LogP contribution >= 0.6 is 0 Å². The van der Waals surface area contributed by atoms with Crippen LogP contribution in [0.1, 0.15) is 34.8 Å². The average Bonchev–Trinajstić information content (AvgIpc) is 3.16. The maximum atomic E-state index is 13.1. The second kappa shape index (κ2) is 7.20. The van der Waals surface area contributed by atoms with Gasteiger partial charge >= 0.3 is 0 Å². The summed E-state index contributed by atoms with van der Waals surface area (Å²) in [7, 11) is 0. The minimum Gasteiger partial charge on any atom is -0.348 e. The number of carbonyl (C=O) groups excluding carboxylic acids is 1. The second-order valence-corrected chi connectivity index (χ2v) is 7.01. The SMILES string of the molecule is Cc1ccc(CCC(=O)N2CCn3cccc3C2c2ccccc2)cc1. The number of aromatic nitrogens is 1. The fraction of sp³-hybridized carbons (Fsp3) is 0.261. The molecule has 1 unspecified atom stereocenters. The van der Waals surface area contributed by atoms with Crippen molar-refractivity contribution >= 4 is 5.91 Å². The van der Waals surface area contributed by atoms with Crippen molar-refractivity contribution in [1.29, 1.82) is 0 Å². The van der Waals surface area contributed by atoms with Gasteiger partial charge in [0.25, 0.3) is 0 Å². The summed E-state index contributed by atoms with van der Waals surface area (Å²) in [6.07, 6.45) is 3.45. The molecule has 1 atom stereocenters. The molecular weight excluding hydrogens is 320 g/mol. The molecule has 0 saturated carbocycles. The van der Waals surface area contributed by atoms with E-state index in [2.05, 4.69) is 71.1 Å². The predicted molar refractivity (Wildman–Crippen MR) is 104 cm³/mol. The van der Waals surface area contributed by atoms with Crippen LogP contribution in [0.2, 0.25) is 0 Å². The predicted octanol–water partition coefficient (Wildman–Crippen LogP) is 4.36. The van der Waals surface area contributed by atoms with Gasteiger partial charge in [-0.1, -0.05) is 60.2 Å². The van der Waals surface area contributed by atoms with E-state index in [1.807, 2.05) is 18.2 Å². The third-order valence-electron chi connectivity index (χ3n) is 5.22. The molecule has 0 aliphatic carbocycles. The Bertz CT molecular complexity index is 880.